The molecule has 1 rings (SSSR count). The van der Waals surface area contributed by atoms with E-state index in [1.807, 2.05) is 12.1 Å². The highest BCUT2D eigenvalue weighted by Crippen LogP contribution is 2.30. The monoisotopic (exact) mass is 294 g/mol. The van der Waals surface area contributed by atoms with E-state index in [1.54, 1.807) is 13.2 Å². The van der Waals surface area contributed by atoms with Crippen molar-refractivity contribution in [2.75, 3.05) is 38.0 Å². The zero-order valence-corrected chi connectivity index (χ0v) is 13.4. The summed E-state index contributed by atoms with van der Waals surface area (Å²) in [6.07, 6.45) is 2.00. The molecule has 118 valence electrons. The second-order valence-electron chi connectivity index (χ2n) is 4.89. The van der Waals surface area contributed by atoms with Crippen LogP contribution in [0.15, 0.2) is 18.2 Å². The van der Waals surface area contributed by atoms with Gasteiger partial charge in [0.15, 0.2) is 0 Å². The number of benzene rings is 1. The van der Waals surface area contributed by atoms with Crippen LogP contribution in [0.1, 0.15) is 37.0 Å². The summed E-state index contributed by atoms with van der Waals surface area (Å²) in [7, 11) is 3.04. The van der Waals surface area contributed by atoms with Gasteiger partial charge in [-0.05, 0) is 25.0 Å². The molecule has 1 aromatic carbocycles. The lowest BCUT2D eigenvalue weighted by molar-refractivity contribution is 0.0602. The smallest absolute Gasteiger partial charge is 0.340 e. The second-order valence-corrected chi connectivity index (χ2v) is 4.89. The average Bonchev–Trinajstić information content (AvgIpc) is 2.51. The van der Waals surface area contributed by atoms with Gasteiger partial charge < -0.3 is 20.1 Å². The molecule has 21 heavy (non-hydrogen) atoms. The average molecular weight is 294 g/mol. The van der Waals surface area contributed by atoms with Crippen LogP contribution in [0.5, 0.6) is 0 Å². The van der Waals surface area contributed by atoms with Crippen molar-refractivity contribution < 1.29 is 14.3 Å². The van der Waals surface area contributed by atoms with E-state index in [0.717, 1.165) is 25.1 Å². The number of nitrogens with zero attached hydrogens (tertiary/aromatic N) is 1. The van der Waals surface area contributed by atoms with Crippen molar-refractivity contribution in [3.8, 4) is 0 Å². The van der Waals surface area contributed by atoms with Crippen LogP contribution in [-0.4, -0.2) is 39.4 Å². The maximum absolute atomic E-state index is 11.8. The Morgan fingerprint density at radius 1 is 1.29 bits per heavy atom. The number of anilines is 2. The Kier molecular flexibility index (Phi) is 7.02. The summed E-state index contributed by atoms with van der Waals surface area (Å²) in [5.74, 6) is -0.411. The van der Waals surface area contributed by atoms with Crippen molar-refractivity contribution in [3.05, 3.63) is 23.8 Å². The Hall–Kier alpha value is -1.75. The molecule has 2 N–H and O–H groups in total. The minimum atomic E-state index is -0.411. The summed E-state index contributed by atoms with van der Waals surface area (Å²) in [5, 5.41) is 0. The summed E-state index contributed by atoms with van der Waals surface area (Å²) in [6.45, 7) is 5.64. The molecule has 0 heterocycles. The van der Waals surface area contributed by atoms with Gasteiger partial charge in [0.1, 0.15) is 0 Å². The van der Waals surface area contributed by atoms with E-state index >= 15 is 0 Å². The highest BCUT2D eigenvalue weighted by atomic mass is 16.5. The van der Waals surface area contributed by atoms with Crippen LogP contribution in [-0.2, 0) is 9.47 Å². The highest BCUT2D eigenvalue weighted by Gasteiger charge is 2.21. The number of para-hydroxylation sites is 1. The quantitative estimate of drug-likeness (QED) is 0.590. The Morgan fingerprint density at radius 3 is 2.48 bits per heavy atom. The number of rotatable bonds is 8. The molecule has 1 aromatic rings. The van der Waals surface area contributed by atoms with Gasteiger partial charge in [0, 0.05) is 19.7 Å². The fourth-order valence-electron chi connectivity index (χ4n) is 2.51. The highest BCUT2D eigenvalue weighted by molar-refractivity contribution is 5.98. The van der Waals surface area contributed by atoms with E-state index in [4.69, 9.17) is 15.2 Å². The molecule has 0 aliphatic carbocycles. The summed E-state index contributed by atoms with van der Waals surface area (Å²) in [4.78, 5) is 14.0. The SMILES string of the molecule is CCC(CC)N(CCOC)c1cccc(C(=O)OC)c1N. The van der Waals surface area contributed by atoms with Crippen LogP contribution >= 0.6 is 0 Å². The third-order valence-corrected chi connectivity index (χ3v) is 3.72. The minimum Gasteiger partial charge on any atom is -0.465 e. The zero-order valence-electron chi connectivity index (χ0n) is 13.4. The number of carbonyl (C=O) groups excluding carboxylic acids is 1. The molecule has 5 heteroatoms. The van der Waals surface area contributed by atoms with Gasteiger partial charge in [-0.2, -0.15) is 0 Å². The number of nitrogen functional groups attached to an aromatic ring is 1. The number of ether oxygens (including phenoxy) is 2. The van der Waals surface area contributed by atoms with Crippen molar-refractivity contribution in [2.24, 2.45) is 0 Å². The Balaban J connectivity index is 3.20. The first-order valence-corrected chi connectivity index (χ1v) is 7.32. The van der Waals surface area contributed by atoms with Crippen LogP contribution in [0, 0.1) is 0 Å². The van der Waals surface area contributed by atoms with Gasteiger partial charge in [-0.3, -0.25) is 0 Å². The normalized spacial score (nSPS) is 10.7. The fourth-order valence-corrected chi connectivity index (χ4v) is 2.51. The van der Waals surface area contributed by atoms with E-state index < -0.39 is 5.97 Å². The predicted octanol–water partition coefficient (Wildman–Crippen LogP) is 2.70. The number of methoxy groups -OCH3 is 2. The molecule has 0 bridgehead atoms. The Morgan fingerprint density at radius 2 is 1.95 bits per heavy atom. The molecule has 0 fully saturated rings. The van der Waals surface area contributed by atoms with Gasteiger partial charge in [-0.1, -0.05) is 19.9 Å². The largest absolute Gasteiger partial charge is 0.465 e. The second kappa shape index (κ2) is 8.52. The lowest BCUT2D eigenvalue weighted by atomic mass is 10.1. The molecule has 0 amide bonds. The Bertz CT molecular complexity index is 459. The van der Waals surface area contributed by atoms with Gasteiger partial charge in [0.05, 0.1) is 30.7 Å². The van der Waals surface area contributed by atoms with Crippen molar-refractivity contribution in [3.63, 3.8) is 0 Å². The molecule has 0 radical (unpaired) electrons. The van der Waals surface area contributed by atoms with Crippen LogP contribution in [0.3, 0.4) is 0 Å². The molecule has 0 spiro atoms. The summed E-state index contributed by atoms with van der Waals surface area (Å²) in [5.41, 5.74) is 7.93. The third-order valence-electron chi connectivity index (χ3n) is 3.72. The third kappa shape index (κ3) is 4.11. The topological polar surface area (TPSA) is 64.8 Å². The minimum absolute atomic E-state index is 0.357. The molecule has 0 saturated carbocycles. The van der Waals surface area contributed by atoms with E-state index in [0.29, 0.717) is 23.9 Å². The standard InChI is InChI=1S/C16H26N2O3/c1-5-12(6-2)18(10-11-20-3)14-9-7-8-13(15(14)17)16(19)21-4/h7-9,12H,5-6,10-11,17H2,1-4H3. The number of hydrogen-bond donors (Lipinski definition) is 1. The predicted molar refractivity (Wildman–Crippen MR) is 85.8 cm³/mol. The fraction of sp³-hybridized carbons (Fsp3) is 0.562. The van der Waals surface area contributed by atoms with Crippen molar-refractivity contribution in [1.82, 2.24) is 0 Å². The number of nitrogens with two attached hydrogens (primary N) is 1. The van der Waals surface area contributed by atoms with Crippen LogP contribution < -0.4 is 10.6 Å². The van der Waals surface area contributed by atoms with E-state index in [1.165, 1.54) is 7.11 Å². The van der Waals surface area contributed by atoms with E-state index in [2.05, 4.69) is 18.7 Å². The molecule has 0 atom stereocenters. The summed E-state index contributed by atoms with van der Waals surface area (Å²) in [6, 6.07) is 5.82. The van der Waals surface area contributed by atoms with Crippen molar-refractivity contribution in [2.45, 2.75) is 32.7 Å². The van der Waals surface area contributed by atoms with Crippen LogP contribution in [0.4, 0.5) is 11.4 Å². The van der Waals surface area contributed by atoms with E-state index in [9.17, 15) is 4.79 Å². The first-order valence-electron chi connectivity index (χ1n) is 7.32. The number of carbonyl (C=O) groups is 1. The lowest BCUT2D eigenvalue weighted by Gasteiger charge is -2.33. The van der Waals surface area contributed by atoms with Gasteiger partial charge in [-0.15, -0.1) is 0 Å². The molecule has 0 aromatic heterocycles. The van der Waals surface area contributed by atoms with Crippen LogP contribution in [0.25, 0.3) is 0 Å². The molecule has 0 aliphatic rings. The van der Waals surface area contributed by atoms with Gasteiger partial charge >= 0.3 is 5.97 Å². The van der Waals surface area contributed by atoms with E-state index in [-0.39, 0.29) is 0 Å². The van der Waals surface area contributed by atoms with Gasteiger partial charge in [0.2, 0.25) is 0 Å². The van der Waals surface area contributed by atoms with Crippen molar-refractivity contribution >= 4 is 17.3 Å². The maximum Gasteiger partial charge on any atom is 0.340 e. The first-order chi connectivity index (χ1) is 10.1. The van der Waals surface area contributed by atoms with Gasteiger partial charge in [-0.25, -0.2) is 4.79 Å². The number of esters is 1. The zero-order chi connectivity index (χ0) is 15.8. The molecular formula is C16H26N2O3. The molecular weight excluding hydrogens is 268 g/mol. The molecule has 0 unspecified atom stereocenters. The summed E-state index contributed by atoms with van der Waals surface area (Å²) < 4.78 is 9.98. The number of hydrogen-bond acceptors (Lipinski definition) is 5. The maximum atomic E-state index is 11.8. The lowest BCUT2D eigenvalue weighted by Crippen LogP contribution is -2.37. The van der Waals surface area contributed by atoms with Crippen LogP contribution in [0.2, 0.25) is 0 Å². The molecule has 0 saturated heterocycles. The Labute approximate surface area is 127 Å². The van der Waals surface area contributed by atoms with Gasteiger partial charge in [0.25, 0.3) is 0 Å². The summed E-state index contributed by atoms with van der Waals surface area (Å²) >= 11 is 0. The molecule has 5 nitrogen and oxygen atoms in total. The molecule has 0 aliphatic heterocycles. The first kappa shape index (κ1) is 17.3. The van der Waals surface area contributed by atoms with Crippen molar-refractivity contribution in [1.29, 1.82) is 0 Å².